The first kappa shape index (κ1) is 18.5. The van der Waals surface area contributed by atoms with Crippen LogP contribution in [-0.2, 0) is 9.53 Å². The molecule has 0 aliphatic rings. The molecule has 0 N–H and O–H groups in total. The predicted molar refractivity (Wildman–Crippen MR) is 92.8 cm³/mol. The number of pyridine rings is 1. The third kappa shape index (κ3) is 4.16. The van der Waals surface area contributed by atoms with E-state index in [1.807, 2.05) is 37.3 Å². The number of halogens is 1. The smallest absolute Gasteiger partial charge is 0.316 e. The van der Waals surface area contributed by atoms with Crippen LogP contribution in [0.5, 0.6) is 0 Å². The van der Waals surface area contributed by atoms with Gasteiger partial charge in [0.15, 0.2) is 0 Å². The molecule has 0 fully saturated rings. The minimum Gasteiger partial charge on any atom is -1.00 e. The second kappa shape index (κ2) is 8.85. The van der Waals surface area contributed by atoms with Crippen molar-refractivity contribution in [3.8, 4) is 5.69 Å². The van der Waals surface area contributed by atoms with E-state index in [0.717, 1.165) is 21.6 Å². The molecule has 0 atom stereocenters. The zero-order valence-electron chi connectivity index (χ0n) is 13.3. The number of nitrogens with zero attached hydrogens (tertiary/aromatic N) is 1. The van der Waals surface area contributed by atoms with Gasteiger partial charge in [-0.2, -0.15) is 0 Å². The van der Waals surface area contributed by atoms with Gasteiger partial charge in [0.25, 0.3) is 0 Å². The van der Waals surface area contributed by atoms with E-state index in [2.05, 4.69) is 41.0 Å². The molecule has 0 spiro atoms. The Morgan fingerprint density at radius 3 is 2.46 bits per heavy atom. The number of para-hydroxylation sites is 2. The number of esters is 1. The molecule has 0 unspecified atom stereocenters. The van der Waals surface area contributed by atoms with Crippen LogP contribution in [0.4, 0.5) is 0 Å². The highest BCUT2D eigenvalue weighted by molar-refractivity contribution is 7.99. The average molecular weight is 404 g/mol. The molecule has 0 aliphatic heterocycles. The molecular weight excluding hydrogens is 386 g/mol. The van der Waals surface area contributed by atoms with Crippen molar-refractivity contribution in [3.05, 3.63) is 66.7 Å². The lowest BCUT2D eigenvalue weighted by Crippen LogP contribution is -3.00. The lowest BCUT2D eigenvalue weighted by Gasteiger charge is -2.06. The Morgan fingerprint density at radius 2 is 1.71 bits per heavy atom. The van der Waals surface area contributed by atoms with E-state index in [1.54, 1.807) is 0 Å². The maximum atomic E-state index is 11.7. The van der Waals surface area contributed by atoms with Gasteiger partial charge >= 0.3 is 5.97 Å². The maximum absolute atomic E-state index is 11.7. The van der Waals surface area contributed by atoms with Crippen LogP contribution in [0.25, 0.3) is 16.6 Å². The monoisotopic (exact) mass is 403 g/mol. The van der Waals surface area contributed by atoms with E-state index < -0.39 is 0 Å². The molecule has 0 radical (unpaired) electrons. The van der Waals surface area contributed by atoms with Crippen molar-refractivity contribution in [2.45, 2.75) is 11.9 Å². The fourth-order valence-corrected chi connectivity index (χ4v) is 3.32. The first-order valence-corrected chi connectivity index (χ1v) is 8.56. The second-order valence-corrected chi connectivity index (χ2v) is 5.99. The first-order chi connectivity index (χ1) is 11.3. The van der Waals surface area contributed by atoms with Gasteiger partial charge in [-0.05, 0) is 30.8 Å². The fourth-order valence-electron chi connectivity index (χ4n) is 2.48. The van der Waals surface area contributed by atoms with E-state index in [0.29, 0.717) is 12.4 Å². The molecule has 0 saturated heterocycles. The van der Waals surface area contributed by atoms with Crippen molar-refractivity contribution in [1.29, 1.82) is 0 Å². The molecule has 0 amide bonds. The van der Waals surface area contributed by atoms with Crippen LogP contribution in [0, 0.1) is 0 Å². The average Bonchev–Trinajstić information content (AvgIpc) is 2.60. The molecule has 5 heteroatoms. The van der Waals surface area contributed by atoms with Crippen molar-refractivity contribution < 1.29 is 31.1 Å². The summed E-state index contributed by atoms with van der Waals surface area (Å²) in [6.45, 7) is 2.23. The zero-order chi connectivity index (χ0) is 16.1. The van der Waals surface area contributed by atoms with Crippen molar-refractivity contribution in [3.63, 3.8) is 0 Å². The Kier molecular flexibility index (Phi) is 6.82. The van der Waals surface area contributed by atoms with Gasteiger partial charge in [0.2, 0.25) is 16.2 Å². The molecule has 0 aliphatic carbocycles. The van der Waals surface area contributed by atoms with Crippen molar-refractivity contribution in [1.82, 2.24) is 0 Å². The number of carbonyl (C=O) groups excluding carboxylic acids is 1. The highest BCUT2D eigenvalue weighted by Crippen LogP contribution is 2.21. The van der Waals surface area contributed by atoms with E-state index in [9.17, 15) is 4.79 Å². The fraction of sp³-hybridized carbons (Fsp3) is 0.158. The number of carbonyl (C=O) groups is 1. The molecule has 24 heavy (non-hydrogen) atoms. The number of rotatable bonds is 5. The van der Waals surface area contributed by atoms with Gasteiger partial charge in [-0.25, -0.2) is 0 Å². The summed E-state index contributed by atoms with van der Waals surface area (Å²) < 4.78 is 7.21. The van der Waals surface area contributed by atoms with E-state index >= 15 is 0 Å². The number of hydrogen-bond donors (Lipinski definition) is 0. The van der Waals surface area contributed by atoms with Crippen molar-refractivity contribution >= 4 is 28.6 Å². The van der Waals surface area contributed by atoms with Crippen LogP contribution in [0.3, 0.4) is 0 Å². The normalized spacial score (nSPS) is 10.2. The molecular formula is C19H18BrNO2S. The molecule has 2 aromatic carbocycles. The maximum Gasteiger partial charge on any atom is 0.316 e. The van der Waals surface area contributed by atoms with Gasteiger partial charge in [0.05, 0.1) is 6.61 Å². The number of ether oxygens (including phenoxy) is 1. The quantitative estimate of drug-likeness (QED) is 0.358. The van der Waals surface area contributed by atoms with Crippen LogP contribution in [0.15, 0.2) is 71.8 Å². The van der Waals surface area contributed by atoms with Crippen LogP contribution in [-0.4, -0.2) is 18.3 Å². The molecule has 1 aromatic heterocycles. The van der Waals surface area contributed by atoms with Gasteiger partial charge in [-0.1, -0.05) is 30.3 Å². The van der Waals surface area contributed by atoms with Gasteiger partial charge in [-0.15, -0.1) is 4.57 Å². The van der Waals surface area contributed by atoms with E-state index in [-0.39, 0.29) is 23.0 Å². The number of thioether (sulfide) groups is 1. The first-order valence-electron chi connectivity index (χ1n) is 7.57. The summed E-state index contributed by atoms with van der Waals surface area (Å²) in [4.78, 5) is 11.7. The molecule has 3 aromatic rings. The second-order valence-electron chi connectivity index (χ2n) is 5.00. The summed E-state index contributed by atoms with van der Waals surface area (Å²) >= 11 is 1.49. The van der Waals surface area contributed by atoms with E-state index in [4.69, 9.17) is 4.74 Å². The summed E-state index contributed by atoms with van der Waals surface area (Å²) in [7, 11) is 0. The summed E-state index contributed by atoms with van der Waals surface area (Å²) in [5.74, 6) is 0.115. The van der Waals surface area contributed by atoms with Crippen molar-refractivity contribution in [2.75, 3.05) is 12.4 Å². The molecule has 0 saturated carbocycles. The molecule has 3 nitrogen and oxygen atoms in total. The molecule has 0 bridgehead atoms. The Morgan fingerprint density at radius 1 is 1.00 bits per heavy atom. The Balaban J connectivity index is 0.00000208. The highest BCUT2D eigenvalue weighted by Gasteiger charge is 2.19. The SMILES string of the molecule is CCOC(=O)CSc1ccc2ccccc2[n+]1-c1ccccc1.[Br-]. The summed E-state index contributed by atoms with van der Waals surface area (Å²) in [6.07, 6.45) is 0. The number of aromatic nitrogens is 1. The van der Waals surface area contributed by atoms with Crippen LogP contribution >= 0.6 is 11.8 Å². The van der Waals surface area contributed by atoms with Gasteiger partial charge in [0, 0.05) is 29.7 Å². The summed E-state index contributed by atoms with van der Waals surface area (Å²) in [5, 5.41) is 2.18. The zero-order valence-corrected chi connectivity index (χ0v) is 15.7. The summed E-state index contributed by atoms with van der Waals surface area (Å²) in [6, 6.07) is 22.6. The van der Waals surface area contributed by atoms with Crippen LogP contribution in [0.2, 0.25) is 0 Å². The minimum atomic E-state index is -0.190. The van der Waals surface area contributed by atoms with Gasteiger partial charge in [0.1, 0.15) is 5.75 Å². The lowest BCUT2D eigenvalue weighted by molar-refractivity contribution is -0.608. The Bertz CT molecular complexity index is 824. The van der Waals surface area contributed by atoms with Gasteiger partial charge in [-0.3, -0.25) is 4.79 Å². The molecule has 3 rings (SSSR count). The standard InChI is InChI=1S/C19H18NO2S.BrH/c1-2-22-19(21)14-23-18-13-12-15-8-6-7-11-17(15)20(18)16-9-4-3-5-10-16;/h3-13H,2,14H2,1H3;1H/q+1;/p-1. The van der Waals surface area contributed by atoms with Gasteiger partial charge < -0.3 is 21.7 Å². The Hall–Kier alpha value is -1.85. The van der Waals surface area contributed by atoms with Crippen LogP contribution in [0.1, 0.15) is 6.92 Å². The number of hydrogen-bond acceptors (Lipinski definition) is 3. The molecule has 124 valence electrons. The van der Waals surface area contributed by atoms with Crippen LogP contribution < -0.4 is 21.5 Å². The molecule has 1 heterocycles. The number of fused-ring (bicyclic) bond motifs is 1. The number of benzene rings is 2. The predicted octanol–water partition coefficient (Wildman–Crippen LogP) is 0.776. The minimum absolute atomic E-state index is 0. The largest absolute Gasteiger partial charge is 1.00 e. The third-order valence-electron chi connectivity index (χ3n) is 3.46. The lowest BCUT2D eigenvalue weighted by atomic mass is 10.2. The van der Waals surface area contributed by atoms with E-state index in [1.165, 1.54) is 11.8 Å². The highest BCUT2D eigenvalue weighted by atomic mass is 79.9. The summed E-state index contributed by atoms with van der Waals surface area (Å²) in [5.41, 5.74) is 2.20. The topological polar surface area (TPSA) is 30.2 Å². The Labute approximate surface area is 156 Å². The third-order valence-corrected chi connectivity index (χ3v) is 4.46. The van der Waals surface area contributed by atoms with Crippen molar-refractivity contribution in [2.24, 2.45) is 0 Å².